The van der Waals surface area contributed by atoms with Crippen molar-refractivity contribution in [2.45, 2.75) is 20.0 Å². The summed E-state index contributed by atoms with van der Waals surface area (Å²) >= 11 is 0. The smallest absolute Gasteiger partial charge is 0.170 e. The van der Waals surface area contributed by atoms with Crippen molar-refractivity contribution in [1.82, 2.24) is 0 Å². The Labute approximate surface area is 130 Å². The van der Waals surface area contributed by atoms with Gasteiger partial charge in [-0.1, -0.05) is 42.4 Å². The van der Waals surface area contributed by atoms with E-state index in [0.717, 1.165) is 17.7 Å². The van der Waals surface area contributed by atoms with Gasteiger partial charge in [-0.2, -0.15) is 0 Å². The first kappa shape index (κ1) is 15.7. The van der Waals surface area contributed by atoms with Crippen LogP contribution in [0, 0.1) is 0 Å². The van der Waals surface area contributed by atoms with Crippen LogP contribution in [0.2, 0.25) is 0 Å². The average Bonchev–Trinajstić information content (AvgIpc) is 2.58. The molecule has 22 heavy (non-hydrogen) atoms. The van der Waals surface area contributed by atoms with Crippen LogP contribution in [0.25, 0.3) is 0 Å². The van der Waals surface area contributed by atoms with Gasteiger partial charge in [0.15, 0.2) is 17.3 Å². The summed E-state index contributed by atoms with van der Waals surface area (Å²) in [5, 5.41) is 11.7. The van der Waals surface area contributed by atoms with Gasteiger partial charge in [0.25, 0.3) is 0 Å². The number of hydrogen-bond donors (Lipinski definition) is 2. The van der Waals surface area contributed by atoms with E-state index in [1.165, 1.54) is 0 Å². The maximum Gasteiger partial charge on any atom is 0.170 e. The molecule has 0 atom stereocenters. The van der Waals surface area contributed by atoms with Gasteiger partial charge in [-0.3, -0.25) is 0 Å². The Hall–Kier alpha value is -2.69. The second-order valence-corrected chi connectivity index (χ2v) is 4.77. The molecule has 3 N–H and O–H groups in total. The van der Waals surface area contributed by atoms with Gasteiger partial charge in [-0.25, -0.2) is 0 Å². The average molecular weight is 300 g/mol. The van der Waals surface area contributed by atoms with Crippen LogP contribution in [0.15, 0.2) is 53.7 Å². The highest BCUT2D eigenvalue weighted by atomic mass is 16.5. The van der Waals surface area contributed by atoms with Crippen molar-refractivity contribution in [3.8, 4) is 11.5 Å². The van der Waals surface area contributed by atoms with Crippen LogP contribution in [-0.2, 0) is 6.61 Å². The zero-order chi connectivity index (χ0) is 15.8. The zero-order valence-electron chi connectivity index (χ0n) is 12.5. The molecule has 2 rings (SSSR count). The Bertz CT molecular complexity index is 641. The van der Waals surface area contributed by atoms with Gasteiger partial charge < -0.3 is 20.4 Å². The van der Waals surface area contributed by atoms with Crippen molar-refractivity contribution in [3.05, 3.63) is 59.7 Å². The Kier molecular flexibility index (Phi) is 5.65. The van der Waals surface area contributed by atoms with Crippen molar-refractivity contribution in [3.63, 3.8) is 0 Å². The van der Waals surface area contributed by atoms with Gasteiger partial charge in [0.1, 0.15) is 6.61 Å². The largest absolute Gasteiger partial charge is 0.490 e. The Morgan fingerprint density at radius 2 is 1.82 bits per heavy atom. The topological polar surface area (TPSA) is 77.1 Å². The summed E-state index contributed by atoms with van der Waals surface area (Å²) in [5.41, 5.74) is 7.17. The number of nitrogens with zero attached hydrogens (tertiary/aromatic N) is 1. The molecule has 5 heteroatoms. The van der Waals surface area contributed by atoms with Gasteiger partial charge in [0, 0.05) is 5.56 Å². The number of oxime groups is 1. The Balaban J connectivity index is 2.07. The molecule has 0 bridgehead atoms. The lowest BCUT2D eigenvalue weighted by Crippen LogP contribution is -2.13. The molecule has 0 heterocycles. The van der Waals surface area contributed by atoms with Gasteiger partial charge >= 0.3 is 0 Å². The third-order valence-electron chi connectivity index (χ3n) is 3.04. The fraction of sp³-hybridized carbons (Fsp3) is 0.235. The molecule has 0 aliphatic carbocycles. The number of amidine groups is 1. The minimum atomic E-state index is 0.0773. The molecule has 0 unspecified atom stereocenters. The molecule has 0 saturated carbocycles. The van der Waals surface area contributed by atoms with Crippen molar-refractivity contribution >= 4 is 5.84 Å². The quantitative estimate of drug-likeness (QED) is 0.356. The molecule has 5 nitrogen and oxygen atoms in total. The zero-order valence-corrected chi connectivity index (χ0v) is 12.5. The van der Waals surface area contributed by atoms with Crippen molar-refractivity contribution in [2.24, 2.45) is 10.9 Å². The van der Waals surface area contributed by atoms with Crippen LogP contribution >= 0.6 is 0 Å². The van der Waals surface area contributed by atoms with Gasteiger partial charge in [-0.05, 0) is 30.2 Å². The van der Waals surface area contributed by atoms with Crippen molar-refractivity contribution < 1.29 is 14.7 Å². The van der Waals surface area contributed by atoms with E-state index in [1.807, 2.05) is 42.5 Å². The molecule has 0 aliphatic rings. The number of nitrogens with two attached hydrogens (primary N) is 1. The minimum absolute atomic E-state index is 0.0773. The van der Waals surface area contributed by atoms with Crippen LogP contribution in [0.5, 0.6) is 11.5 Å². The second-order valence-electron chi connectivity index (χ2n) is 4.77. The molecule has 0 spiro atoms. The number of hydrogen-bond acceptors (Lipinski definition) is 4. The molecule has 0 aromatic heterocycles. The first-order valence-corrected chi connectivity index (χ1v) is 7.16. The maximum absolute atomic E-state index is 8.72. The van der Waals surface area contributed by atoms with E-state index in [1.54, 1.807) is 6.07 Å². The van der Waals surface area contributed by atoms with E-state index in [9.17, 15) is 0 Å². The van der Waals surface area contributed by atoms with E-state index in [0.29, 0.717) is 24.5 Å². The molecule has 116 valence electrons. The van der Waals surface area contributed by atoms with Crippen LogP contribution in [0.4, 0.5) is 0 Å². The SMILES string of the molecule is CCCOc1ccccc1OCc1cccc(/C(N)=N/O)c1. The molecule has 0 radical (unpaired) electrons. The summed E-state index contributed by atoms with van der Waals surface area (Å²) in [4.78, 5) is 0. The standard InChI is InChI=1S/C17H20N2O3/c1-2-10-21-15-8-3-4-9-16(15)22-12-13-6-5-7-14(11-13)17(18)19-20/h3-9,11,20H,2,10,12H2,1H3,(H2,18,19). The molecular formula is C17H20N2O3. The molecular weight excluding hydrogens is 280 g/mol. The molecule has 2 aromatic carbocycles. The molecule has 0 amide bonds. The summed E-state index contributed by atoms with van der Waals surface area (Å²) in [5.74, 6) is 1.51. The van der Waals surface area contributed by atoms with E-state index in [2.05, 4.69) is 12.1 Å². The van der Waals surface area contributed by atoms with Crippen molar-refractivity contribution in [1.29, 1.82) is 0 Å². The summed E-state index contributed by atoms with van der Waals surface area (Å²) in [6, 6.07) is 14.9. The summed E-state index contributed by atoms with van der Waals surface area (Å²) < 4.78 is 11.5. The normalized spacial score (nSPS) is 11.2. The van der Waals surface area contributed by atoms with E-state index in [4.69, 9.17) is 20.4 Å². The maximum atomic E-state index is 8.72. The summed E-state index contributed by atoms with van der Waals surface area (Å²) in [7, 11) is 0. The fourth-order valence-corrected chi connectivity index (χ4v) is 1.94. The molecule has 2 aromatic rings. The first-order valence-electron chi connectivity index (χ1n) is 7.16. The predicted molar refractivity (Wildman–Crippen MR) is 85.5 cm³/mol. The number of rotatable bonds is 7. The molecule has 0 fully saturated rings. The van der Waals surface area contributed by atoms with E-state index >= 15 is 0 Å². The number of benzene rings is 2. The van der Waals surface area contributed by atoms with E-state index in [-0.39, 0.29) is 5.84 Å². The monoisotopic (exact) mass is 300 g/mol. The van der Waals surface area contributed by atoms with Gasteiger partial charge in [-0.15, -0.1) is 0 Å². The summed E-state index contributed by atoms with van der Waals surface area (Å²) in [6.45, 7) is 3.08. The lowest BCUT2D eigenvalue weighted by Gasteiger charge is -2.12. The fourth-order valence-electron chi connectivity index (χ4n) is 1.94. The molecule has 0 saturated heterocycles. The number of para-hydroxylation sites is 2. The Morgan fingerprint density at radius 1 is 1.09 bits per heavy atom. The van der Waals surface area contributed by atoms with E-state index < -0.39 is 0 Å². The third kappa shape index (κ3) is 4.15. The molecule has 0 aliphatic heterocycles. The first-order chi connectivity index (χ1) is 10.7. The van der Waals surface area contributed by atoms with Crippen LogP contribution < -0.4 is 15.2 Å². The number of ether oxygens (including phenoxy) is 2. The predicted octanol–water partition coefficient (Wildman–Crippen LogP) is 3.15. The van der Waals surface area contributed by atoms with Crippen LogP contribution in [0.3, 0.4) is 0 Å². The van der Waals surface area contributed by atoms with Crippen LogP contribution in [-0.4, -0.2) is 17.6 Å². The van der Waals surface area contributed by atoms with Crippen molar-refractivity contribution in [2.75, 3.05) is 6.61 Å². The highest BCUT2D eigenvalue weighted by Gasteiger charge is 2.05. The van der Waals surface area contributed by atoms with Gasteiger partial charge in [0.2, 0.25) is 0 Å². The minimum Gasteiger partial charge on any atom is -0.490 e. The van der Waals surface area contributed by atoms with Crippen LogP contribution in [0.1, 0.15) is 24.5 Å². The van der Waals surface area contributed by atoms with Gasteiger partial charge in [0.05, 0.1) is 6.61 Å². The lowest BCUT2D eigenvalue weighted by molar-refractivity contribution is 0.262. The Morgan fingerprint density at radius 3 is 2.50 bits per heavy atom. The summed E-state index contributed by atoms with van der Waals surface area (Å²) in [6.07, 6.45) is 0.941. The lowest BCUT2D eigenvalue weighted by atomic mass is 10.1. The highest BCUT2D eigenvalue weighted by Crippen LogP contribution is 2.27. The third-order valence-corrected chi connectivity index (χ3v) is 3.04. The second kappa shape index (κ2) is 7.93. The highest BCUT2D eigenvalue weighted by molar-refractivity contribution is 5.97.